The SMILES string of the molecule is CNc1cc(C(C)(C)C)nc(C)n1. The molecule has 0 radical (unpaired) electrons. The first-order valence-corrected chi connectivity index (χ1v) is 4.47. The maximum absolute atomic E-state index is 4.40. The first-order valence-electron chi connectivity index (χ1n) is 4.47. The van der Waals surface area contributed by atoms with Crippen LogP contribution in [0.25, 0.3) is 0 Å². The maximum atomic E-state index is 4.40. The third-order valence-electron chi connectivity index (χ3n) is 1.86. The molecular formula is C10H17N3. The zero-order chi connectivity index (χ0) is 10.1. The molecule has 0 amide bonds. The fourth-order valence-electron chi connectivity index (χ4n) is 1.08. The highest BCUT2D eigenvalue weighted by Crippen LogP contribution is 2.21. The van der Waals surface area contributed by atoms with Crippen molar-refractivity contribution in [3.05, 3.63) is 17.6 Å². The zero-order valence-corrected chi connectivity index (χ0v) is 8.97. The molecule has 0 atom stereocenters. The van der Waals surface area contributed by atoms with Crippen LogP contribution < -0.4 is 5.32 Å². The molecule has 3 heteroatoms. The third kappa shape index (κ3) is 2.41. The van der Waals surface area contributed by atoms with Gasteiger partial charge in [0.25, 0.3) is 0 Å². The smallest absolute Gasteiger partial charge is 0.129 e. The first-order chi connectivity index (χ1) is 5.93. The summed E-state index contributed by atoms with van der Waals surface area (Å²) >= 11 is 0. The number of rotatable bonds is 1. The average molecular weight is 179 g/mol. The Bertz CT molecular complexity index is 300. The summed E-state index contributed by atoms with van der Waals surface area (Å²) in [7, 11) is 1.87. The van der Waals surface area contributed by atoms with Crippen molar-refractivity contribution in [1.29, 1.82) is 0 Å². The monoisotopic (exact) mass is 179 g/mol. The minimum Gasteiger partial charge on any atom is -0.373 e. The van der Waals surface area contributed by atoms with Crippen molar-refractivity contribution in [2.45, 2.75) is 33.1 Å². The van der Waals surface area contributed by atoms with Crippen molar-refractivity contribution in [3.63, 3.8) is 0 Å². The molecule has 0 aliphatic carbocycles. The van der Waals surface area contributed by atoms with E-state index >= 15 is 0 Å². The van der Waals surface area contributed by atoms with Crippen LogP contribution in [0.3, 0.4) is 0 Å². The van der Waals surface area contributed by atoms with Crippen molar-refractivity contribution in [2.24, 2.45) is 0 Å². The highest BCUT2D eigenvalue weighted by molar-refractivity contribution is 5.36. The summed E-state index contributed by atoms with van der Waals surface area (Å²) in [5.41, 5.74) is 1.16. The molecule has 1 rings (SSSR count). The van der Waals surface area contributed by atoms with E-state index in [2.05, 4.69) is 36.1 Å². The molecule has 0 aliphatic heterocycles. The van der Waals surface area contributed by atoms with Gasteiger partial charge in [-0.2, -0.15) is 0 Å². The van der Waals surface area contributed by atoms with Crippen LogP contribution in [0.2, 0.25) is 0 Å². The fraction of sp³-hybridized carbons (Fsp3) is 0.600. The molecule has 0 unspecified atom stereocenters. The minimum absolute atomic E-state index is 0.0826. The van der Waals surface area contributed by atoms with Crippen molar-refractivity contribution >= 4 is 5.82 Å². The number of aryl methyl sites for hydroxylation is 1. The molecule has 1 N–H and O–H groups in total. The van der Waals surface area contributed by atoms with Gasteiger partial charge in [-0.05, 0) is 6.92 Å². The van der Waals surface area contributed by atoms with Crippen LogP contribution in [0.4, 0.5) is 5.82 Å². The third-order valence-corrected chi connectivity index (χ3v) is 1.86. The van der Waals surface area contributed by atoms with Gasteiger partial charge < -0.3 is 5.32 Å². The molecule has 1 aromatic heterocycles. The first kappa shape index (κ1) is 9.96. The predicted octanol–water partition coefficient (Wildman–Crippen LogP) is 2.12. The van der Waals surface area contributed by atoms with Crippen LogP contribution in [0.1, 0.15) is 32.3 Å². The second-order valence-corrected chi connectivity index (χ2v) is 4.19. The molecule has 0 fully saturated rings. The number of nitrogens with zero attached hydrogens (tertiary/aromatic N) is 2. The standard InChI is InChI=1S/C10H17N3/c1-7-12-8(10(2,3)4)6-9(11-5)13-7/h6H,1-5H3,(H,11,12,13). The molecule has 1 aromatic rings. The van der Waals surface area contributed by atoms with Gasteiger partial charge in [-0.3, -0.25) is 0 Å². The van der Waals surface area contributed by atoms with Crippen LogP contribution in [-0.2, 0) is 5.41 Å². The van der Waals surface area contributed by atoms with Crippen LogP contribution in [0, 0.1) is 6.92 Å². The average Bonchev–Trinajstić information content (AvgIpc) is 2.01. The summed E-state index contributed by atoms with van der Waals surface area (Å²) in [6, 6.07) is 1.99. The van der Waals surface area contributed by atoms with Gasteiger partial charge in [-0.15, -0.1) is 0 Å². The van der Waals surface area contributed by atoms with Crippen molar-refractivity contribution in [2.75, 3.05) is 12.4 Å². The lowest BCUT2D eigenvalue weighted by Gasteiger charge is -2.18. The quantitative estimate of drug-likeness (QED) is 0.717. The Morgan fingerprint density at radius 3 is 2.31 bits per heavy atom. The number of aromatic nitrogens is 2. The minimum atomic E-state index is 0.0826. The maximum Gasteiger partial charge on any atom is 0.129 e. The van der Waals surface area contributed by atoms with E-state index in [1.54, 1.807) is 0 Å². The van der Waals surface area contributed by atoms with Gasteiger partial charge in [-0.1, -0.05) is 20.8 Å². The van der Waals surface area contributed by atoms with Gasteiger partial charge in [0.1, 0.15) is 11.6 Å². The van der Waals surface area contributed by atoms with Crippen LogP contribution in [0.5, 0.6) is 0 Å². The fourth-order valence-corrected chi connectivity index (χ4v) is 1.08. The second kappa shape index (κ2) is 3.32. The molecule has 0 saturated heterocycles. The van der Waals surface area contributed by atoms with Gasteiger partial charge in [0.15, 0.2) is 0 Å². The van der Waals surface area contributed by atoms with E-state index in [-0.39, 0.29) is 5.41 Å². The highest BCUT2D eigenvalue weighted by atomic mass is 15.0. The Morgan fingerprint density at radius 2 is 1.85 bits per heavy atom. The van der Waals surface area contributed by atoms with Crippen molar-refractivity contribution in [3.8, 4) is 0 Å². The van der Waals surface area contributed by atoms with Gasteiger partial charge in [-0.25, -0.2) is 9.97 Å². The summed E-state index contributed by atoms with van der Waals surface area (Å²) in [4.78, 5) is 8.65. The van der Waals surface area contributed by atoms with E-state index in [4.69, 9.17) is 0 Å². The Kier molecular flexibility index (Phi) is 2.55. The largest absolute Gasteiger partial charge is 0.373 e. The van der Waals surface area contributed by atoms with Crippen molar-refractivity contribution in [1.82, 2.24) is 9.97 Å². The van der Waals surface area contributed by atoms with E-state index in [1.807, 2.05) is 20.0 Å². The lowest BCUT2D eigenvalue weighted by atomic mass is 9.92. The van der Waals surface area contributed by atoms with E-state index < -0.39 is 0 Å². The van der Waals surface area contributed by atoms with Gasteiger partial charge in [0, 0.05) is 18.5 Å². The van der Waals surface area contributed by atoms with Gasteiger partial charge in [0.2, 0.25) is 0 Å². The Balaban J connectivity index is 3.16. The molecule has 3 nitrogen and oxygen atoms in total. The van der Waals surface area contributed by atoms with E-state index in [0.29, 0.717) is 0 Å². The lowest BCUT2D eigenvalue weighted by Crippen LogP contribution is -2.15. The molecule has 0 aromatic carbocycles. The van der Waals surface area contributed by atoms with Gasteiger partial charge >= 0.3 is 0 Å². The van der Waals surface area contributed by atoms with E-state index in [0.717, 1.165) is 17.3 Å². The Morgan fingerprint density at radius 1 is 1.23 bits per heavy atom. The van der Waals surface area contributed by atoms with Gasteiger partial charge in [0.05, 0.1) is 5.69 Å². The number of nitrogens with one attached hydrogen (secondary N) is 1. The van der Waals surface area contributed by atoms with Crippen LogP contribution >= 0.6 is 0 Å². The summed E-state index contributed by atoms with van der Waals surface area (Å²) in [6.07, 6.45) is 0. The highest BCUT2D eigenvalue weighted by Gasteiger charge is 2.16. The molecule has 0 saturated carbocycles. The predicted molar refractivity (Wildman–Crippen MR) is 55.0 cm³/mol. The number of anilines is 1. The van der Waals surface area contributed by atoms with Crippen LogP contribution in [0.15, 0.2) is 6.07 Å². The lowest BCUT2D eigenvalue weighted by molar-refractivity contribution is 0.564. The summed E-state index contributed by atoms with van der Waals surface area (Å²) in [5.74, 6) is 1.70. The Hall–Kier alpha value is -1.12. The topological polar surface area (TPSA) is 37.8 Å². The van der Waals surface area contributed by atoms with E-state index in [1.165, 1.54) is 0 Å². The molecule has 72 valence electrons. The molecular weight excluding hydrogens is 162 g/mol. The Labute approximate surface area is 79.6 Å². The summed E-state index contributed by atoms with van der Waals surface area (Å²) in [6.45, 7) is 8.35. The normalized spacial score (nSPS) is 11.5. The molecule has 1 heterocycles. The summed E-state index contributed by atoms with van der Waals surface area (Å²) in [5, 5.41) is 3.03. The van der Waals surface area contributed by atoms with E-state index in [9.17, 15) is 0 Å². The molecule has 0 spiro atoms. The van der Waals surface area contributed by atoms with Crippen molar-refractivity contribution < 1.29 is 0 Å². The molecule has 0 aliphatic rings. The molecule has 0 bridgehead atoms. The number of hydrogen-bond acceptors (Lipinski definition) is 3. The zero-order valence-electron chi connectivity index (χ0n) is 8.97. The second-order valence-electron chi connectivity index (χ2n) is 4.19. The van der Waals surface area contributed by atoms with Crippen LogP contribution in [-0.4, -0.2) is 17.0 Å². The molecule has 13 heavy (non-hydrogen) atoms. The summed E-state index contributed by atoms with van der Waals surface area (Å²) < 4.78 is 0. The number of hydrogen-bond donors (Lipinski definition) is 1.